The Morgan fingerprint density at radius 1 is 0.972 bits per heavy atom. The molecule has 36 heavy (non-hydrogen) atoms. The summed E-state index contributed by atoms with van der Waals surface area (Å²) in [6.45, 7) is 1.82. The highest BCUT2D eigenvalue weighted by molar-refractivity contribution is 6.30. The summed E-state index contributed by atoms with van der Waals surface area (Å²) in [5.41, 5.74) is 3.62. The summed E-state index contributed by atoms with van der Waals surface area (Å²) in [6.07, 6.45) is 1.79. The molecule has 0 bridgehead atoms. The third kappa shape index (κ3) is 5.42. The lowest BCUT2D eigenvalue weighted by atomic mass is 9.84. The Kier molecular flexibility index (Phi) is 7.41. The number of aromatic carboxylic acids is 1. The van der Waals surface area contributed by atoms with E-state index < -0.39 is 29.1 Å². The first-order valence-corrected chi connectivity index (χ1v) is 11.4. The largest absolute Gasteiger partial charge is 0.478 e. The lowest BCUT2D eigenvalue weighted by Gasteiger charge is -2.20. The van der Waals surface area contributed by atoms with Gasteiger partial charge in [-0.05, 0) is 65.6 Å². The van der Waals surface area contributed by atoms with Crippen molar-refractivity contribution in [2.75, 3.05) is 0 Å². The molecule has 0 saturated heterocycles. The Morgan fingerprint density at radius 2 is 1.69 bits per heavy atom. The molecule has 0 spiro atoms. The number of carbonyl (C=O) groups is 1. The van der Waals surface area contributed by atoms with Crippen LogP contribution in [-0.4, -0.2) is 27.0 Å². The number of pyridine rings is 1. The molecule has 1 atom stereocenters. The second-order valence-corrected chi connectivity index (χ2v) is 8.71. The van der Waals surface area contributed by atoms with Crippen LogP contribution in [0.5, 0.6) is 0 Å². The first-order valence-electron chi connectivity index (χ1n) is 11.0. The summed E-state index contributed by atoms with van der Waals surface area (Å²) in [5.74, 6) is -3.19. The number of carboxylic acid groups (broad SMARTS) is 1. The SMILES string of the molecule is Cc1cc(C(C[C@@H](c2ccc(-c3ccc(C(=O)O)c(F)c3)cc2)c2ccc(Cl)cc2F)=NO)ccn1. The molecule has 0 fully saturated rings. The number of hydrogen-bond donors (Lipinski definition) is 2. The van der Waals surface area contributed by atoms with Crippen molar-refractivity contribution in [3.63, 3.8) is 0 Å². The molecule has 4 aromatic rings. The Hall–Kier alpha value is -4.10. The molecule has 0 aliphatic carbocycles. The van der Waals surface area contributed by atoms with Crippen LogP contribution in [0, 0.1) is 18.6 Å². The van der Waals surface area contributed by atoms with Gasteiger partial charge in [-0.15, -0.1) is 0 Å². The number of rotatable bonds is 7. The minimum atomic E-state index is -1.34. The number of hydrogen-bond acceptors (Lipinski definition) is 4. The van der Waals surface area contributed by atoms with Gasteiger partial charge in [0.1, 0.15) is 11.6 Å². The van der Waals surface area contributed by atoms with Gasteiger partial charge in [0, 0.05) is 34.8 Å². The van der Waals surface area contributed by atoms with E-state index in [2.05, 4.69) is 10.1 Å². The van der Waals surface area contributed by atoms with Gasteiger partial charge in [0.15, 0.2) is 0 Å². The van der Waals surface area contributed by atoms with Gasteiger partial charge in [-0.2, -0.15) is 0 Å². The van der Waals surface area contributed by atoms with Crippen molar-refractivity contribution in [1.82, 2.24) is 4.98 Å². The highest BCUT2D eigenvalue weighted by Gasteiger charge is 2.22. The predicted molar refractivity (Wildman–Crippen MR) is 134 cm³/mol. The Bertz CT molecular complexity index is 1460. The number of carboxylic acids is 1. The first kappa shape index (κ1) is 25.0. The maximum absolute atomic E-state index is 15.0. The topological polar surface area (TPSA) is 82.8 Å². The second kappa shape index (κ2) is 10.7. The van der Waals surface area contributed by atoms with E-state index in [-0.39, 0.29) is 11.4 Å². The third-order valence-electron chi connectivity index (χ3n) is 5.93. The van der Waals surface area contributed by atoms with Gasteiger partial charge in [-0.1, -0.05) is 53.2 Å². The number of aryl methyl sites for hydroxylation is 1. The van der Waals surface area contributed by atoms with Crippen molar-refractivity contribution >= 4 is 23.3 Å². The van der Waals surface area contributed by atoms with E-state index in [0.29, 0.717) is 28.0 Å². The van der Waals surface area contributed by atoms with Crippen LogP contribution >= 0.6 is 11.6 Å². The maximum Gasteiger partial charge on any atom is 0.338 e. The van der Waals surface area contributed by atoms with Gasteiger partial charge >= 0.3 is 5.97 Å². The summed E-state index contributed by atoms with van der Waals surface area (Å²) in [5, 5.41) is 22.6. The van der Waals surface area contributed by atoms with E-state index in [1.807, 2.05) is 6.92 Å². The zero-order valence-electron chi connectivity index (χ0n) is 19.1. The summed E-state index contributed by atoms with van der Waals surface area (Å²) in [6, 6.07) is 18.9. The molecule has 1 heterocycles. The average Bonchev–Trinajstić information content (AvgIpc) is 2.85. The molecule has 1 aromatic heterocycles. The van der Waals surface area contributed by atoms with Crippen LogP contribution in [0.25, 0.3) is 11.1 Å². The van der Waals surface area contributed by atoms with Gasteiger partial charge in [0.2, 0.25) is 0 Å². The fourth-order valence-electron chi connectivity index (χ4n) is 4.10. The molecule has 0 saturated carbocycles. The smallest absolute Gasteiger partial charge is 0.338 e. The van der Waals surface area contributed by atoms with Crippen molar-refractivity contribution < 1.29 is 23.9 Å². The quantitative estimate of drug-likeness (QED) is 0.159. The van der Waals surface area contributed by atoms with Crippen molar-refractivity contribution in [1.29, 1.82) is 0 Å². The monoisotopic (exact) mass is 506 g/mol. The first-order chi connectivity index (χ1) is 17.3. The normalized spacial score (nSPS) is 12.4. The number of oxime groups is 1. The molecule has 0 aliphatic rings. The van der Waals surface area contributed by atoms with E-state index >= 15 is 4.39 Å². The van der Waals surface area contributed by atoms with Crippen LogP contribution in [-0.2, 0) is 0 Å². The van der Waals surface area contributed by atoms with Crippen molar-refractivity contribution in [2.45, 2.75) is 19.3 Å². The van der Waals surface area contributed by atoms with E-state index in [9.17, 15) is 14.4 Å². The maximum atomic E-state index is 15.0. The number of aromatic nitrogens is 1. The Morgan fingerprint density at radius 3 is 2.31 bits per heavy atom. The van der Waals surface area contributed by atoms with Crippen molar-refractivity contribution in [2.24, 2.45) is 5.16 Å². The zero-order chi connectivity index (χ0) is 25.8. The molecule has 0 aliphatic heterocycles. The second-order valence-electron chi connectivity index (χ2n) is 8.28. The van der Waals surface area contributed by atoms with Gasteiger partial charge in [-0.25, -0.2) is 13.6 Å². The van der Waals surface area contributed by atoms with E-state index in [1.165, 1.54) is 18.2 Å². The average molecular weight is 507 g/mol. The minimum absolute atomic E-state index is 0.180. The molecule has 0 radical (unpaired) electrons. The molecule has 0 unspecified atom stereocenters. The number of benzene rings is 3. The molecule has 3 aromatic carbocycles. The molecule has 8 heteroatoms. The van der Waals surface area contributed by atoms with Gasteiger partial charge in [-0.3, -0.25) is 4.98 Å². The van der Waals surface area contributed by atoms with E-state index in [1.54, 1.807) is 54.7 Å². The summed E-state index contributed by atoms with van der Waals surface area (Å²) in [4.78, 5) is 15.3. The lowest BCUT2D eigenvalue weighted by molar-refractivity contribution is 0.0692. The molecule has 182 valence electrons. The van der Waals surface area contributed by atoms with E-state index in [0.717, 1.165) is 17.3 Å². The van der Waals surface area contributed by atoms with Crippen LogP contribution < -0.4 is 0 Å². The van der Waals surface area contributed by atoms with Crippen LogP contribution in [0.3, 0.4) is 0 Å². The highest BCUT2D eigenvalue weighted by Crippen LogP contribution is 2.34. The molecule has 4 rings (SSSR count). The number of nitrogens with zero attached hydrogens (tertiary/aromatic N) is 2. The van der Waals surface area contributed by atoms with Crippen LogP contribution in [0.4, 0.5) is 8.78 Å². The predicted octanol–water partition coefficient (Wildman–Crippen LogP) is 7.09. The van der Waals surface area contributed by atoms with Crippen molar-refractivity contribution in [3.8, 4) is 11.1 Å². The molecule has 5 nitrogen and oxygen atoms in total. The fourth-order valence-corrected chi connectivity index (χ4v) is 4.26. The van der Waals surface area contributed by atoms with Crippen LogP contribution in [0.15, 0.2) is 84.1 Å². The zero-order valence-corrected chi connectivity index (χ0v) is 19.9. The van der Waals surface area contributed by atoms with Gasteiger partial charge in [0.05, 0.1) is 11.3 Å². The van der Waals surface area contributed by atoms with Gasteiger partial charge < -0.3 is 10.3 Å². The van der Waals surface area contributed by atoms with E-state index in [4.69, 9.17) is 16.7 Å². The van der Waals surface area contributed by atoms with Gasteiger partial charge in [0.25, 0.3) is 0 Å². The lowest BCUT2D eigenvalue weighted by Crippen LogP contribution is -2.12. The van der Waals surface area contributed by atoms with Crippen molar-refractivity contribution in [3.05, 3.63) is 124 Å². The fraction of sp³-hybridized carbons (Fsp3) is 0.107. The number of halogens is 3. The third-order valence-corrected chi connectivity index (χ3v) is 6.17. The highest BCUT2D eigenvalue weighted by atomic mass is 35.5. The Balaban J connectivity index is 1.73. The summed E-state index contributed by atoms with van der Waals surface area (Å²) in [7, 11) is 0. The molecular formula is C28H21ClF2N2O3. The standard InChI is InChI=1S/C28H21ClF2N2O3/c1-16-12-20(10-11-32-16)27(33-36)15-24(22-9-7-21(29)14-26(22)31)18-4-2-17(3-5-18)19-6-8-23(28(34)35)25(30)13-19/h2-14,24,36H,15H2,1H3,(H,34,35)/t24-/m0/s1. The van der Waals surface area contributed by atoms with Crippen LogP contribution in [0.1, 0.15) is 45.1 Å². The minimum Gasteiger partial charge on any atom is -0.478 e. The summed E-state index contributed by atoms with van der Waals surface area (Å²) < 4.78 is 29.2. The molecule has 0 amide bonds. The Labute approximate surface area is 211 Å². The van der Waals surface area contributed by atoms with Crippen LogP contribution in [0.2, 0.25) is 5.02 Å². The molecular weight excluding hydrogens is 486 g/mol. The molecule has 2 N–H and O–H groups in total. The summed E-state index contributed by atoms with van der Waals surface area (Å²) >= 11 is 5.97.